The first-order valence-corrected chi connectivity index (χ1v) is 4.83. The second-order valence-electron chi connectivity index (χ2n) is 3.43. The van der Waals surface area contributed by atoms with Crippen molar-refractivity contribution in [3.8, 4) is 0 Å². The van der Waals surface area contributed by atoms with E-state index < -0.39 is 0 Å². The van der Waals surface area contributed by atoms with E-state index in [0.717, 1.165) is 24.3 Å². The maximum Gasteiger partial charge on any atom is 0.236 e. The molecule has 0 aromatic carbocycles. The third-order valence-corrected chi connectivity index (χ3v) is 2.16. The molecule has 0 unspecified atom stereocenters. The molecule has 4 nitrogen and oxygen atoms in total. The largest absolute Gasteiger partial charge is 0.367 e. The molecule has 1 amide bonds. The average Bonchev–Trinajstić information content (AvgIpc) is 2.64. The Hall–Kier alpha value is -1.29. The Kier molecular flexibility index (Phi) is 4.19. The van der Waals surface area contributed by atoms with Crippen LogP contribution in [-0.2, 0) is 11.2 Å². The van der Waals surface area contributed by atoms with Gasteiger partial charge in [0.2, 0.25) is 5.91 Å². The Balaban J connectivity index is 2.08. The zero-order valence-electron chi connectivity index (χ0n) is 8.49. The van der Waals surface area contributed by atoms with E-state index in [4.69, 9.17) is 5.84 Å². The number of carbonyl (C=O) groups excluding carboxylic acids is 1. The van der Waals surface area contributed by atoms with Crippen molar-refractivity contribution in [1.82, 2.24) is 9.99 Å². The Bertz CT molecular complexity index is 267. The number of nitrogens with zero attached hydrogens (tertiary/aromatic N) is 1. The maximum atomic E-state index is 11.1. The molecule has 0 atom stereocenters. The van der Waals surface area contributed by atoms with E-state index in [0.29, 0.717) is 6.42 Å². The average molecular weight is 195 g/mol. The predicted octanol–water partition coefficient (Wildman–Crippen LogP) is 1.06. The highest BCUT2D eigenvalue weighted by Gasteiger charge is 2.03. The quantitative estimate of drug-likeness (QED) is 0.319. The summed E-state index contributed by atoms with van der Waals surface area (Å²) in [5.41, 5.74) is 1.29. The molecule has 3 N–H and O–H groups in total. The van der Waals surface area contributed by atoms with Gasteiger partial charge in [-0.15, -0.1) is 0 Å². The number of rotatable bonds is 5. The molecule has 0 fully saturated rings. The molecule has 0 radical (unpaired) electrons. The van der Waals surface area contributed by atoms with Crippen molar-refractivity contribution in [1.29, 1.82) is 0 Å². The molecular weight excluding hydrogens is 178 g/mol. The van der Waals surface area contributed by atoms with Gasteiger partial charge in [-0.2, -0.15) is 0 Å². The van der Waals surface area contributed by atoms with Gasteiger partial charge in [-0.1, -0.05) is 0 Å². The molecule has 0 saturated carbocycles. The molecular formula is C10H17N3O. The van der Waals surface area contributed by atoms with E-state index in [9.17, 15) is 4.79 Å². The highest BCUT2D eigenvalue weighted by molar-refractivity contribution is 5.75. The maximum absolute atomic E-state index is 11.1. The fourth-order valence-electron chi connectivity index (χ4n) is 1.30. The summed E-state index contributed by atoms with van der Waals surface area (Å²) in [6, 6.07) is 2.05. The number of aromatic amines is 1. The van der Waals surface area contributed by atoms with Crippen molar-refractivity contribution in [3.05, 3.63) is 24.0 Å². The molecule has 4 heteroatoms. The molecule has 78 valence electrons. The lowest BCUT2D eigenvalue weighted by molar-refractivity contribution is -0.130. The second kappa shape index (κ2) is 5.44. The first-order chi connectivity index (χ1) is 6.70. The second-order valence-corrected chi connectivity index (χ2v) is 3.43. The summed E-state index contributed by atoms with van der Waals surface area (Å²) < 4.78 is 0. The predicted molar refractivity (Wildman–Crippen MR) is 55.3 cm³/mol. The van der Waals surface area contributed by atoms with Crippen LogP contribution in [-0.4, -0.2) is 22.9 Å². The Morgan fingerprint density at radius 2 is 2.36 bits per heavy atom. The van der Waals surface area contributed by atoms with Crippen molar-refractivity contribution in [2.24, 2.45) is 5.84 Å². The third-order valence-electron chi connectivity index (χ3n) is 2.16. The van der Waals surface area contributed by atoms with Crippen LogP contribution in [0.15, 0.2) is 18.5 Å². The summed E-state index contributed by atoms with van der Waals surface area (Å²) in [4.78, 5) is 14.1. The lowest BCUT2D eigenvalue weighted by Crippen LogP contribution is -2.32. The van der Waals surface area contributed by atoms with Gasteiger partial charge in [0.1, 0.15) is 0 Å². The van der Waals surface area contributed by atoms with Crippen LogP contribution < -0.4 is 5.84 Å². The number of aromatic nitrogens is 1. The van der Waals surface area contributed by atoms with Gasteiger partial charge in [0, 0.05) is 25.9 Å². The Morgan fingerprint density at radius 1 is 1.57 bits per heavy atom. The van der Waals surface area contributed by atoms with Crippen LogP contribution in [0.3, 0.4) is 0 Å². The third kappa shape index (κ3) is 3.62. The van der Waals surface area contributed by atoms with Gasteiger partial charge in [0.05, 0.1) is 0 Å². The van der Waals surface area contributed by atoms with E-state index in [2.05, 4.69) is 11.1 Å². The zero-order chi connectivity index (χ0) is 10.4. The number of nitrogens with two attached hydrogens (primary N) is 1. The first kappa shape index (κ1) is 10.8. The fourth-order valence-corrected chi connectivity index (χ4v) is 1.30. The minimum absolute atomic E-state index is 0.000862. The van der Waals surface area contributed by atoms with Gasteiger partial charge in [0.15, 0.2) is 0 Å². The van der Waals surface area contributed by atoms with Crippen molar-refractivity contribution in [2.45, 2.75) is 25.7 Å². The first-order valence-electron chi connectivity index (χ1n) is 4.83. The topological polar surface area (TPSA) is 62.1 Å². The van der Waals surface area contributed by atoms with Gasteiger partial charge in [0.25, 0.3) is 0 Å². The molecule has 0 aliphatic carbocycles. The minimum atomic E-state index is -0.000862. The normalized spacial score (nSPS) is 10.1. The van der Waals surface area contributed by atoms with Gasteiger partial charge < -0.3 is 4.98 Å². The lowest BCUT2D eigenvalue weighted by Gasteiger charge is -2.08. The van der Waals surface area contributed by atoms with Crippen LogP contribution in [0.2, 0.25) is 0 Å². The molecule has 14 heavy (non-hydrogen) atoms. The van der Waals surface area contributed by atoms with Gasteiger partial charge in [-0.3, -0.25) is 9.80 Å². The van der Waals surface area contributed by atoms with Crippen LogP contribution in [0.1, 0.15) is 24.8 Å². The van der Waals surface area contributed by atoms with Crippen LogP contribution >= 0.6 is 0 Å². The summed E-state index contributed by atoms with van der Waals surface area (Å²) in [5.74, 6) is 5.29. The van der Waals surface area contributed by atoms with Crippen LogP contribution in [0.5, 0.6) is 0 Å². The summed E-state index contributed by atoms with van der Waals surface area (Å²) in [5, 5.41) is 1.15. The van der Waals surface area contributed by atoms with E-state index in [1.54, 1.807) is 7.05 Å². The number of unbranched alkanes of at least 4 members (excludes halogenated alkanes) is 1. The number of hydrogen-bond donors (Lipinski definition) is 2. The molecule has 0 spiro atoms. The van der Waals surface area contributed by atoms with Crippen LogP contribution in [0.4, 0.5) is 0 Å². The zero-order valence-corrected chi connectivity index (χ0v) is 8.49. The molecule has 0 aliphatic heterocycles. The smallest absolute Gasteiger partial charge is 0.236 e. The van der Waals surface area contributed by atoms with Crippen molar-refractivity contribution < 1.29 is 4.79 Å². The molecule has 1 heterocycles. The van der Waals surface area contributed by atoms with Crippen LogP contribution in [0.25, 0.3) is 0 Å². The minimum Gasteiger partial charge on any atom is -0.367 e. The van der Waals surface area contributed by atoms with Gasteiger partial charge in [-0.05, 0) is 30.9 Å². The fraction of sp³-hybridized carbons (Fsp3) is 0.500. The van der Waals surface area contributed by atoms with Crippen LogP contribution in [0, 0.1) is 0 Å². The number of hydrazine groups is 1. The highest BCUT2D eigenvalue weighted by atomic mass is 16.2. The summed E-state index contributed by atoms with van der Waals surface area (Å²) in [6.07, 6.45) is 7.37. The molecule has 0 bridgehead atoms. The number of hydrogen-bond acceptors (Lipinski definition) is 2. The van der Waals surface area contributed by atoms with Crippen molar-refractivity contribution in [3.63, 3.8) is 0 Å². The van der Waals surface area contributed by atoms with Crippen molar-refractivity contribution in [2.75, 3.05) is 7.05 Å². The monoisotopic (exact) mass is 195 g/mol. The van der Waals surface area contributed by atoms with E-state index >= 15 is 0 Å². The molecule has 0 aliphatic rings. The number of amides is 1. The SMILES string of the molecule is CN(N)C(=O)CCCCc1cc[nH]c1. The summed E-state index contributed by atoms with van der Waals surface area (Å²) in [7, 11) is 1.58. The van der Waals surface area contributed by atoms with Gasteiger partial charge >= 0.3 is 0 Å². The molecule has 0 saturated heterocycles. The Morgan fingerprint density at radius 3 is 2.93 bits per heavy atom. The number of aryl methyl sites for hydroxylation is 1. The van der Waals surface area contributed by atoms with Crippen molar-refractivity contribution >= 4 is 5.91 Å². The Labute approximate surface area is 84.1 Å². The molecule has 1 aromatic heterocycles. The van der Waals surface area contributed by atoms with Gasteiger partial charge in [-0.25, -0.2) is 5.84 Å². The van der Waals surface area contributed by atoms with E-state index in [1.807, 2.05) is 12.4 Å². The number of carbonyl (C=O) groups is 1. The summed E-state index contributed by atoms with van der Waals surface area (Å²) >= 11 is 0. The molecule has 1 rings (SSSR count). The number of H-pyrrole nitrogens is 1. The molecule has 1 aromatic rings. The highest BCUT2D eigenvalue weighted by Crippen LogP contribution is 2.05. The standard InChI is InChI=1S/C10H17N3O/c1-13(11)10(14)5-3-2-4-9-6-7-12-8-9/h6-8,12H,2-5,11H2,1H3. The summed E-state index contributed by atoms with van der Waals surface area (Å²) in [6.45, 7) is 0. The van der Waals surface area contributed by atoms with E-state index in [1.165, 1.54) is 5.56 Å². The number of nitrogens with one attached hydrogen (secondary N) is 1. The lowest BCUT2D eigenvalue weighted by atomic mass is 10.1. The van der Waals surface area contributed by atoms with E-state index in [-0.39, 0.29) is 5.91 Å².